The van der Waals surface area contributed by atoms with Crippen molar-refractivity contribution < 1.29 is 4.79 Å². The van der Waals surface area contributed by atoms with Crippen LogP contribution in [0.15, 0.2) is 0 Å². The molecule has 0 aromatic heterocycles. The van der Waals surface area contributed by atoms with Crippen LogP contribution in [0.1, 0.15) is 57.8 Å². The summed E-state index contributed by atoms with van der Waals surface area (Å²) in [6.07, 6.45) is 10.5. The lowest BCUT2D eigenvalue weighted by atomic mass is 9.96. The molecule has 1 aliphatic carbocycles. The minimum atomic E-state index is 0.279. The van der Waals surface area contributed by atoms with Crippen LogP contribution in [0.5, 0.6) is 0 Å². The van der Waals surface area contributed by atoms with Gasteiger partial charge in [-0.05, 0) is 50.9 Å². The van der Waals surface area contributed by atoms with E-state index in [0.717, 1.165) is 12.8 Å². The molecule has 0 radical (unpaired) electrons. The van der Waals surface area contributed by atoms with Crippen LogP contribution in [0.25, 0.3) is 0 Å². The standard InChI is InChI=1S/C14H24N2O/c15-13-6-1-3-10(13)9-14(17)16-11-4-2-5-12(16)8-7-11/h10-13H,1-9,15H2/t10-,11?,12?,13+/m0/s1. The predicted molar refractivity (Wildman–Crippen MR) is 67.4 cm³/mol. The number of piperidine rings is 1. The maximum atomic E-state index is 12.4. The molecule has 2 heterocycles. The SMILES string of the molecule is N[C@@H]1CCC[C@H]1CC(=O)N1C2CCCC1CC2. The van der Waals surface area contributed by atoms with Crippen LogP contribution in [0.2, 0.25) is 0 Å². The summed E-state index contributed by atoms with van der Waals surface area (Å²) >= 11 is 0. The molecule has 96 valence electrons. The Morgan fingerprint density at radius 3 is 2.24 bits per heavy atom. The molecule has 2 saturated heterocycles. The van der Waals surface area contributed by atoms with Crippen LogP contribution in [0.3, 0.4) is 0 Å². The lowest BCUT2D eigenvalue weighted by Gasteiger charge is -2.35. The van der Waals surface area contributed by atoms with E-state index in [0.29, 0.717) is 30.3 Å². The van der Waals surface area contributed by atoms with Gasteiger partial charge >= 0.3 is 0 Å². The number of amides is 1. The Kier molecular flexibility index (Phi) is 3.12. The van der Waals surface area contributed by atoms with Crippen molar-refractivity contribution in [2.45, 2.75) is 75.9 Å². The molecule has 2 aliphatic heterocycles. The topological polar surface area (TPSA) is 46.3 Å². The van der Waals surface area contributed by atoms with Gasteiger partial charge < -0.3 is 10.6 Å². The zero-order valence-electron chi connectivity index (χ0n) is 10.6. The third-order valence-corrected chi connectivity index (χ3v) is 5.14. The fraction of sp³-hybridized carbons (Fsp3) is 0.929. The fourth-order valence-corrected chi connectivity index (χ4v) is 4.17. The number of hydrogen-bond acceptors (Lipinski definition) is 2. The van der Waals surface area contributed by atoms with Gasteiger partial charge in [-0.3, -0.25) is 4.79 Å². The molecule has 0 spiro atoms. The van der Waals surface area contributed by atoms with Gasteiger partial charge in [0.15, 0.2) is 0 Å². The van der Waals surface area contributed by atoms with Crippen LogP contribution in [-0.2, 0) is 4.79 Å². The second-order valence-electron chi connectivity index (χ2n) is 6.18. The van der Waals surface area contributed by atoms with Gasteiger partial charge in [-0.15, -0.1) is 0 Å². The third kappa shape index (κ3) is 2.10. The van der Waals surface area contributed by atoms with E-state index in [2.05, 4.69) is 4.90 Å². The van der Waals surface area contributed by atoms with E-state index in [1.807, 2.05) is 0 Å². The highest BCUT2D eigenvalue weighted by molar-refractivity contribution is 5.77. The molecule has 2 N–H and O–H groups in total. The Labute approximate surface area is 104 Å². The summed E-state index contributed by atoms with van der Waals surface area (Å²) in [5.41, 5.74) is 6.07. The van der Waals surface area contributed by atoms with Gasteiger partial charge in [0.25, 0.3) is 0 Å². The van der Waals surface area contributed by atoms with Crippen LogP contribution < -0.4 is 5.73 Å². The van der Waals surface area contributed by atoms with Crippen molar-refractivity contribution in [3.63, 3.8) is 0 Å². The average molecular weight is 236 g/mol. The maximum Gasteiger partial charge on any atom is 0.223 e. The first kappa shape index (κ1) is 11.5. The number of hydrogen-bond donors (Lipinski definition) is 1. The Balaban J connectivity index is 1.62. The summed E-state index contributed by atoms with van der Waals surface area (Å²) in [6.45, 7) is 0. The number of rotatable bonds is 2. The highest BCUT2D eigenvalue weighted by atomic mass is 16.2. The zero-order valence-corrected chi connectivity index (χ0v) is 10.6. The van der Waals surface area contributed by atoms with Crippen LogP contribution in [0.4, 0.5) is 0 Å². The zero-order chi connectivity index (χ0) is 11.8. The van der Waals surface area contributed by atoms with Crippen molar-refractivity contribution in [2.75, 3.05) is 0 Å². The van der Waals surface area contributed by atoms with Crippen molar-refractivity contribution in [3.8, 4) is 0 Å². The van der Waals surface area contributed by atoms with E-state index in [9.17, 15) is 4.79 Å². The van der Waals surface area contributed by atoms with Gasteiger partial charge in [0.1, 0.15) is 0 Å². The van der Waals surface area contributed by atoms with Crippen LogP contribution in [0, 0.1) is 5.92 Å². The normalized spacial score (nSPS) is 40.9. The van der Waals surface area contributed by atoms with Gasteiger partial charge in [-0.25, -0.2) is 0 Å². The minimum absolute atomic E-state index is 0.279. The quantitative estimate of drug-likeness (QED) is 0.797. The summed E-state index contributed by atoms with van der Waals surface area (Å²) in [5.74, 6) is 0.864. The second kappa shape index (κ2) is 4.60. The minimum Gasteiger partial charge on any atom is -0.337 e. The number of carbonyl (C=O) groups excluding carboxylic acids is 1. The summed E-state index contributed by atoms with van der Waals surface area (Å²) < 4.78 is 0. The molecule has 3 heteroatoms. The van der Waals surface area contributed by atoms with E-state index in [1.54, 1.807) is 0 Å². The van der Waals surface area contributed by atoms with Crippen molar-refractivity contribution in [2.24, 2.45) is 11.7 Å². The third-order valence-electron chi connectivity index (χ3n) is 5.14. The number of nitrogens with two attached hydrogens (primary N) is 1. The molecule has 0 aromatic rings. The summed E-state index contributed by atoms with van der Waals surface area (Å²) in [6, 6.07) is 1.42. The first-order chi connectivity index (χ1) is 8.25. The van der Waals surface area contributed by atoms with Gasteiger partial charge in [-0.2, -0.15) is 0 Å². The largest absolute Gasteiger partial charge is 0.337 e. The molecule has 4 atom stereocenters. The first-order valence-electron chi connectivity index (χ1n) is 7.32. The van der Waals surface area contributed by atoms with E-state index in [1.165, 1.54) is 38.5 Å². The highest BCUT2D eigenvalue weighted by Gasteiger charge is 2.40. The Hall–Kier alpha value is -0.570. The van der Waals surface area contributed by atoms with Crippen molar-refractivity contribution in [3.05, 3.63) is 0 Å². The molecule has 17 heavy (non-hydrogen) atoms. The first-order valence-corrected chi connectivity index (χ1v) is 7.32. The van der Waals surface area contributed by atoms with Gasteiger partial charge in [0, 0.05) is 24.5 Å². The lowest BCUT2D eigenvalue weighted by Crippen LogP contribution is -2.45. The van der Waals surface area contributed by atoms with E-state index < -0.39 is 0 Å². The Bertz CT molecular complexity index is 289. The average Bonchev–Trinajstić information content (AvgIpc) is 2.81. The van der Waals surface area contributed by atoms with E-state index in [4.69, 9.17) is 5.73 Å². The number of carbonyl (C=O) groups is 1. The van der Waals surface area contributed by atoms with Gasteiger partial charge in [-0.1, -0.05) is 6.42 Å². The van der Waals surface area contributed by atoms with Gasteiger partial charge in [0.2, 0.25) is 5.91 Å². The summed E-state index contributed by atoms with van der Waals surface area (Å²) in [5, 5.41) is 0. The molecule has 0 aromatic carbocycles. The van der Waals surface area contributed by atoms with E-state index >= 15 is 0 Å². The monoisotopic (exact) mass is 236 g/mol. The molecule has 2 unspecified atom stereocenters. The smallest absolute Gasteiger partial charge is 0.223 e. The van der Waals surface area contributed by atoms with Crippen molar-refractivity contribution in [1.82, 2.24) is 4.90 Å². The van der Waals surface area contributed by atoms with Crippen LogP contribution in [-0.4, -0.2) is 28.9 Å². The molecule has 2 bridgehead atoms. The number of fused-ring (bicyclic) bond motifs is 2. The van der Waals surface area contributed by atoms with Crippen molar-refractivity contribution >= 4 is 5.91 Å². The van der Waals surface area contributed by atoms with E-state index in [-0.39, 0.29) is 6.04 Å². The van der Waals surface area contributed by atoms with Gasteiger partial charge in [0.05, 0.1) is 0 Å². The second-order valence-corrected chi connectivity index (χ2v) is 6.18. The lowest BCUT2D eigenvalue weighted by molar-refractivity contribution is -0.136. The molecule has 1 saturated carbocycles. The van der Waals surface area contributed by atoms with Crippen LogP contribution >= 0.6 is 0 Å². The molecular formula is C14H24N2O. The Morgan fingerprint density at radius 2 is 1.65 bits per heavy atom. The molecule has 1 amide bonds. The maximum absolute atomic E-state index is 12.4. The summed E-state index contributed by atoms with van der Waals surface area (Å²) in [7, 11) is 0. The molecule has 3 rings (SSSR count). The molecule has 3 aliphatic rings. The molecular weight excluding hydrogens is 212 g/mol. The molecule has 3 nitrogen and oxygen atoms in total. The number of nitrogens with zero attached hydrogens (tertiary/aromatic N) is 1. The Morgan fingerprint density at radius 1 is 1.00 bits per heavy atom. The molecule has 3 fully saturated rings. The highest BCUT2D eigenvalue weighted by Crippen LogP contribution is 2.37. The van der Waals surface area contributed by atoms with Crippen molar-refractivity contribution in [1.29, 1.82) is 0 Å². The summed E-state index contributed by atoms with van der Waals surface area (Å²) in [4.78, 5) is 14.7. The predicted octanol–water partition coefficient (Wildman–Crippen LogP) is 2.05. The fourth-order valence-electron chi connectivity index (χ4n) is 4.17.